The zero-order valence-corrected chi connectivity index (χ0v) is 16.9. The summed E-state index contributed by atoms with van der Waals surface area (Å²) in [6, 6.07) is 16.3. The molecule has 0 radical (unpaired) electrons. The minimum atomic E-state index is -3.76. The number of benzene rings is 2. The van der Waals surface area contributed by atoms with Gasteiger partial charge in [-0.05, 0) is 60.2 Å². The lowest BCUT2D eigenvalue weighted by Crippen LogP contribution is -2.04. The van der Waals surface area contributed by atoms with E-state index in [-0.39, 0.29) is 16.0 Å². The molecule has 1 aliphatic rings. The monoisotopic (exact) mass is 417 g/mol. The first-order valence-corrected chi connectivity index (χ1v) is 11.2. The average Bonchev–Trinajstić information content (AvgIpc) is 3.45. The number of rotatable bonds is 5. The first-order chi connectivity index (χ1) is 14.6. The van der Waals surface area contributed by atoms with Crippen molar-refractivity contribution < 1.29 is 8.42 Å². The minimum absolute atomic E-state index is 0.172. The van der Waals surface area contributed by atoms with Gasteiger partial charge in [-0.3, -0.25) is 4.98 Å². The Morgan fingerprint density at radius 3 is 2.53 bits per heavy atom. The predicted molar refractivity (Wildman–Crippen MR) is 113 cm³/mol. The number of anilines is 2. The van der Waals surface area contributed by atoms with Crippen LogP contribution < -0.4 is 5.32 Å². The van der Waals surface area contributed by atoms with Gasteiger partial charge in [-0.1, -0.05) is 30.3 Å². The number of aryl methyl sites for hydroxylation is 1. The summed E-state index contributed by atoms with van der Waals surface area (Å²) in [6.45, 7) is 0. The second-order valence-corrected chi connectivity index (χ2v) is 8.99. The van der Waals surface area contributed by atoms with E-state index in [1.807, 2.05) is 12.1 Å². The Balaban J connectivity index is 1.54. The van der Waals surface area contributed by atoms with Gasteiger partial charge in [-0.25, -0.2) is 13.5 Å². The van der Waals surface area contributed by atoms with Gasteiger partial charge >= 0.3 is 0 Å². The van der Waals surface area contributed by atoms with E-state index < -0.39 is 9.84 Å². The number of hydrogen-bond acceptors (Lipinski definition) is 6. The van der Waals surface area contributed by atoms with Crippen molar-refractivity contribution in [1.29, 1.82) is 0 Å². The van der Waals surface area contributed by atoms with Crippen LogP contribution in [0.1, 0.15) is 17.5 Å². The second kappa shape index (κ2) is 7.38. The third-order valence-electron chi connectivity index (χ3n) is 5.28. The number of nitrogens with zero attached hydrogens (tertiary/aromatic N) is 3. The Morgan fingerprint density at radius 1 is 0.933 bits per heavy atom. The number of aromatic nitrogens is 4. The largest absolute Gasteiger partial charge is 0.322 e. The third-order valence-corrected chi connectivity index (χ3v) is 6.87. The second-order valence-electron chi connectivity index (χ2n) is 7.12. The molecule has 0 saturated heterocycles. The first kappa shape index (κ1) is 18.5. The van der Waals surface area contributed by atoms with E-state index >= 15 is 0 Å². The summed E-state index contributed by atoms with van der Waals surface area (Å²) >= 11 is 0. The summed E-state index contributed by atoms with van der Waals surface area (Å²) in [4.78, 5) is 8.51. The van der Waals surface area contributed by atoms with Gasteiger partial charge in [0.2, 0.25) is 20.9 Å². The molecule has 150 valence electrons. The van der Waals surface area contributed by atoms with Crippen LogP contribution in [-0.2, 0) is 22.7 Å². The molecule has 30 heavy (non-hydrogen) atoms. The van der Waals surface area contributed by atoms with Crippen LogP contribution in [0.2, 0.25) is 0 Å². The van der Waals surface area contributed by atoms with Crippen molar-refractivity contribution in [2.75, 3.05) is 5.32 Å². The molecule has 1 aliphatic carbocycles. The standard InChI is InChI=1S/C22H19N5O2S/c28-30(29,17-6-2-1-3-7-17)22-25-21(26-27-22)24-20-18-8-4-5-15(18)9-10-19(20)16-11-13-23-14-12-16/h1-3,6-7,9-14H,4-5,8H2,(H2,24,25,26,27). The van der Waals surface area contributed by atoms with Crippen molar-refractivity contribution in [3.63, 3.8) is 0 Å². The van der Waals surface area contributed by atoms with Gasteiger partial charge in [-0.15, -0.1) is 5.10 Å². The molecule has 7 nitrogen and oxygen atoms in total. The van der Waals surface area contributed by atoms with Gasteiger partial charge in [0.15, 0.2) is 0 Å². The van der Waals surface area contributed by atoms with Crippen LogP contribution in [0.15, 0.2) is 77.0 Å². The highest BCUT2D eigenvalue weighted by atomic mass is 32.2. The molecule has 0 spiro atoms. The number of sulfone groups is 1. The molecule has 2 aromatic carbocycles. The Hall–Kier alpha value is -3.52. The lowest BCUT2D eigenvalue weighted by molar-refractivity contribution is 0.588. The van der Waals surface area contributed by atoms with Crippen LogP contribution >= 0.6 is 0 Å². The topological polar surface area (TPSA) is 101 Å². The molecule has 4 aromatic rings. The first-order valence-electron chi connectivity index (χ1n) is 9.67. The van der Waals surface area contributed by atoms with Gasteiger partial charge in [0.1, 0.15) is 0 Å². The zero-order valence-electron chi connectivity index (χ0n) is 16.0. The molecule has 0 bridgehead atoms. The summed E-state index contributed by atoms with van der Waals surface area (Å²) in [7, 11) is -3.76. The summed E-state index contributed by atoms with van der Waals surface area (Å²) in [5.74, 6) is 0.222. The summed E-state index contributed by atoms with van der Waals surface area (Å²) in [5, 5.41) is 9.79. The number of H-pyrrole nitrogens is 1. The van der Waals surface area contributed by atoms with Crippen molar-refractivity contribution in [2.45, 2.75) is 29.3 Å². The normalized spacial score (nSPS) is 13.2. The molecule has 0 atom stereocenters. The van der Waals surface area contributed by atoms with Crippen LogP contribution in [0.3, 0.4) is 0 Å². The van der Waals surface area contributed by atoms with Gasteiger partial charge in [0.05, 0.1) is 10.6 Å². The van der Waals surface area contributed by atoms with Crippen molar-refractivity contribution >= 4 is 21.5 Å². The highest BCUT2D eigenvalue weighted by Gasteiger charge is 2.24. The number of nitrogens with one attached hydrogen (secondary N) is 2. The molecule has 8 heteroatoms. The van der Waals surface area contributed by atoms with Crippen molar-refractivity contribution in [2.24, 2.45) is 0 Å². The van der Waals surface area contributed by atoms with Crippen molar-refractivity contribution in [1.82, 2.24) is 20.2 Å². The Kier molecular flexibility index (Phi) is 4.55. The molecular weight excluding hydrogens is 398 g/mol. The minimum Gasteiger partial charge on any atom is -0.322 e. The molecule has 2 aromatic heterocycles. The van der Waals surface area contributed by atoms with E-state index in [9.17, 15) is 8.42 Å². The Labute approximate surface area is 174 Å². The number of hydrogen-bond donors (Lipinski definition) is 2. The average molecular weight is 417 g/mol. The van der Waals surface area contributed by atoms with E-state index in [1.54, 1.807) is 30.6 Å². The van der Waals surface area contributed by atoms with Crippen LogP contribution in [0, 0.1) is 0 Å². The molecule has 2 heterocycles. The molecule has 0 unspecified atom stereocenters. The van der Waals surface area contributed by atoms with Gasteiger partial charge in [0.25, 0.3) is 0 Å². The van der Waals surface area contributed by atoms with E-state index in [4.69, 9.17) is 0 Å². The molecule has 2 N–H and O–H groups in total. The smallest absolute Gasteiger partial charge is 0.249 e. The molecule has 0 fully saturated rings. The fourth-order valence-electron chi connectivity index (χ4n) is 3.83. The number of aromatic amines is 1. The van der Waals surface area contributed by atoms with Gasteiger partial charge < -0.3 is 5.32 Å². The van der Waals surface area contributed by atoms with Crippen molar-refractivity contribution in [3.8, 4) is 11.1 Å². The van der Waals surface area contributed by atoms with Crippen LogP contribution in [0.5, 0.6) is 0 Å². The highest BCUT2D eigenvalue weighted by Crippen LogP contribution is 2.38. The van der Waals surface area contributed by atoms with E-state index in [0.717, 1.165) is 36.1 Å². The zero-order chi connectivity index (χ0) is 20.6. The van der Waals surface area contributed by atoms with Crippen molar-refractivity contribution in [3.05, 3.63) is 78.1 Å². The maximum absolute atomic E-state index is 12.8. The SMILES string of the molecule is O=S(=O)(c1ccccc1)c1nc(Nc2c(-c3ccncc3)ccc3c2CCC3)n[nH]1. The van der Waals surface area contributed by atoms with E-state index in [2.05, 4.69) is 37.6 Å². The molecule has 0 aliphatic heterocycles. The molecular formula is C22H19N5O2S. The highest BCUT2D eigenvalue weighted by molar-refractivity contribution is 7.91. The lowest BCUT2D eigenvalue weighted by atomic mass is 9.98. The van der Waals surface area contributed by atoms with Gasteiger partial charge in [0, 0.05) is 18.0 Å². The van der Waals surface area contributed by atoms with E-state index in [0.29, 0.717) is 0 Å². The third kappa shape index (κ3) is 3.25. The van der Waals surface area contributed by atoms with Crippen LogP contribution in [0.4, 0.5) is 11.6 Å². The fourth-order valence-corrected chi connectivity index (χ4v) is 4.94. The summed E-state index contributed by atoms with van der Waals surface area (Å²) < 4.78 is 25.6. The number of fused-ring (bicyclic) bond motifs is 1. The van der Waals surface area contributed by atoms with Gasteiger partial charge in [-0.2, -0.15) is 4.98 Å². The quantitative estimate of drug-likeness (QED) is 0.510. The Morgan fingerprint density at radius 2 is 1.73 bits per heavy atom. The maximum Gasteiger partial charge on any atom is 0.249 e. The Bertz CT molecular complexity index is 1300. The molecule has 5 rings (SSSR count). The van der Waals surface area contributed by atoms with Crippen LogP contribution in [-0.4, -0.2) is 28.6 Å². The van der Waals surface area contributed by atoms with E-state index in [1.165, 1.54) is 23.3 Å². The molecule has 0 amide bonds. The fraction of sp³-hybridized carbons (Fsp3) is 0.136. The van der Waals surface area contributed by atoms with Crippen LogP contribution in [0.25, 0.3) is 11.1 Å². The summed E-state index contributed by atoms with van der Waals surface area (Å²) in [5.41, 5.74) is 5.47. The predicted octanol–water partition coefficient (Wildman–Crippen LogP) is 3.93. The summed E-state index contributed by atoms with van der Waals surface area (Å²) in [6.07, 6.45) is 6.58. The molecule has 0 saturated carbocycles. The maximum atomic E-state index is 12.8. The lowest BCUT2D eigenvalue weighted by Gasteiger charge is -2.15. The number of pyridine rings is 1.